The highest BCUT2D eigenvalue weighted by atomic mass is 32.2. The highest BCUT2D eigenvalue weighted by Crippen LogP contribution is 2.03. The van der Waals surface area contributed by atoms with Crippen molar-refractivity contribution in [3.63, 3.8) is 0 Å². The summed E-state index contributed by atoms with van der Waals surface area (Å²) in [7, 11) is -0.173. The molecule has 0 aromatic rings. The van der Waals surface area contributed by atoms with E-state index in [1.165, 1.54) is 0 Å². The third kappa shape index (κ3) is 10.5. The minimum absolute atomic E-state index is 0.157. The summed E-state index contributed by atoms with van der Waals surface area (Å²) in [6.07, 6.45) is 4.69. The lowest BCUT2D eigenvalue weighted by molar-refractivity contribution is -0.893. The average Bonchev–Trinajstić information content (AvgIpc) is 2.14. The van der Waals surface area contributed by atoms with E-state index in [1.807, 2.05) is 14.1 Å². The molecule has 0 radical (unpaired) electrons. The van der Waals surface area contributed by atoms with Gasteiger partial charge >= 0.3 is 0 Å². The highest BCUT2D eigenvalue weighted by Gasteiger charge is 2.21. The molecule has 7 heteroatoms. The first-order chi connectivity index (χ1) is 8.16. The Morgan fingerprint density at radius 1 is 1.44 bits per heavy atom. The maximum Gasteiger partial charge on any atom is 0.265 e. The Morgan fingerprint density at radius 3 is 2.56 bits per heavy atom. The Kier molecular flexibility index (Phi) is 7.43. The summed E-state index contributed by atoms with van der Waals surface area (Å²) < 4.78 is 35.2. The Hall–Kier alpha value is -0.650. The predicted octanol–water partition coefficient (Wildman–Crippen LogP) is -0.649. The molecule has 0 saturated heterocycles. The zero-order valence-electron chi connectivity index (χ0n) is 10.9. The van der Waals surface area contributed by atoms with Crippen molar-refractivity contribution in [1.82, 2.24) is 0 Å². The first-order valence-electron chi connectivity index (χ1n) is 5.63. The van der Waals surface area contributed by atoms with Crippen molar-refractivity contribution in [1.29, 1.82) is 0 Å². The normalized spacial score (nSPS) is 14.2. The second-order valence-electron chi connectivity index (χ2n) is 4.85. The fraction of sp³-hybridized carbons (Fsp3) is 0.818. The minimum atomic E-state index is -3.91. The highest BCUT2D eigenvalue weighted by molar-refractivity contribution is 7.85. The molecule has 18 heavy (non-hydrogen) atoms. The molecule has 0 heterocycles. The molecule has 0 bridgehead atoms. The van der Waals surface area contributed by atoms with Crippen LogP contribution in [0, 0.1) is 12.3 Å². The number of hydrogen-bond acceptors (Lipinski definition) is 4. The van der Waals surface area contributed by atoms with Crippen molar-refractivity contribution in [2.24, 2.45) is 0 Å². The Morgan fingerprint density at radius 2 is 2.06 bits per heavy atom. The van der Waals surface area contributed by atoms with Crippen LogP contribution in [0.15, 0.2) is 0 Å². The van der Waals surface area contributed by atoms with Crippen LogP contribution in [0.2, 0.25) is 0 Å². The molecule has 0 aliphatic carbocycles. The summed E-state index contributed by atoms with van der Waals surface area (Å²) in [6, 6.07) is 0. The standard InChI is InChI=1S/C11H21NO5S/c1-4-7-17-10-11(13)9-12(2,3)6-5-8-18(14,15)16/h1,11,13H,5-10H2,2-3H3/p+1/t11-/m1/s1. The zero-order valence-corrected chi connectivity index (χ0v) is 11.7. The summed E-state index contributed by atoms with van der Waals surface area (Å²) in [5, 5.41) is 9.69. The molecule has 2 N–H and O–H groups in total. The van der Waals surface area contributed by atoms with Crippen LogP contribution in [0.3, 0.4) is 0 Å². The number of terminal acetylenes is 1. The van der Waals surface area contributed by atoms with Gasteiger partial charge in [-0.15, -0.1) is 6.42 Å². The van der Waals surface area contributed by atoms with Gasteiger partial charge in [0.2, 0.25) is 0 Å². The largest absolute Gasteiger partial charge is 0.385 e. The number of nitrogens with zero attached hydrogens (tertiary/aromatic N) is 1. The van der Waals surface area contributed by atoms with Gasteiger partial charge < -0.3 is 14.3 Å². The van der Waals surface area contributed by atoms with Gasteiger partial charge in [-0.1, -0.05) is 5.92 Å². The van der Waals surface area contributed by atoms with Crippen molar-refractivity contribution in [2.75, 3.05) is 46.2 Å². The van der Waals surface area contributed by atoms with E-state index in [1.54, 1.807) is 0 Å². The van der Waals surface area contributed by atoms with Crippen LogP contribution in [0.4, 0.5) is 0 Å². The molecule has 0 unspecified atom stereocenters. The summed E-state index contributed by atoms with van der Waals surface area (Å²) in [5.41, 5.74) is 0. The topological polar surface area (TPSA) is 83.8 Å². The maximum absolute atomic E-state index is 10.6. The molecule has 0 spiro atoms. The van der Waals surface area contributed by atoms with Crippen LogP contribution in [0.25, 0.3) is 0 Å². The van der Waals surface area contributed by atoms with E-state index in [0.29, 0.717) is 24.0 Å². The smallest absolute Gasteiger partial charge is 0.265 e. The molecule has 106 valence electrons. The fourth-order valence-corrected chi connectivity index (χ4v) is 2.14. The number of aliphatic hydroxyl groups excluding tert-OH is 1. The van der Waals surface area contributed by atoms with Crippen LogP contribution < -0.4 is 0 Å². The molecular weight excluding hydrogens is 258 g/mol. The van der Waals surface area contributed by atoms with E-state index >= 15 is 0 Å². The molecule has 0 rings (SSSR count). The molecular formula is C11H22NO5S+. The maximum atomic E-state index is 10.6. The predicted molar refractivity (Wildman–Crippen MR) is 68.5 cm³/mol. The van der Waals surface area contributed by atoms with E-state index < -0.39 is 16.2 Å². The van der Waals surface area contributed by atoms with Crippen LogP contribution in [-0.4, -0.2) is 74.8 Å². The number of hydrogen-bond donors (Lipinski definition) is 2. The summed E-state index contributed by atoms with van der Waals surface area (Å²) in [4.78, 5) is 0. The van der Waals surface area contributed by atoms with Gasteiger partial charge in [-0.25, -0.2) is 0 Å². The molecule has 0 aromatic carbocycles. The minimum Gasteiger partial charge on any atom is -0.385 e. The number of ether oxygens (including phenoxy) is 1. The first-order valence-corrected chi connectivity index (χ1v) is 7.23. The first kappa shape index (κ1) is 17.4. The van der Waals surface area contributed by atoms with Crippen LogP contribution in [-0.2, 0) is 14.9 Å². The van der Waals surface area contributed by atoms with Gasteiger partial charge in [0.05, 0.1) is 33.0 Å². The average molecular weight is 280 g/mol. The third-order valence-corrected chi connectivity index (χ3v) is 3.17. The molecule has 0 aliphatic heterocycles. The fourth-order valence-electron chi connectivity index (χ4n) is 1.64. The molecule has 0 saturated carbocycles. The van der Waals surface area contributed by atoms with Crippen molar-refractivity contribution < 1.29 is 27.3 Å². The van der Waals surface area contributed by atoms with Crippen LogP contribution >= 0.6 is 0 Å². The van der Waals surface area contributed by atoms with Crippen LogP contribution in [0.5, 0.6) is 0 Å². The van der Waals surface area contributed by atoms with Gasteiger partial charge in [0.15, 0.2) is 0 Å². The van der Waals surface area contributed by atoms with Gasteiger partial charge in [0.25, 0.3) is 10.1 Å². The second-order valence-corrected chi connectivity index (χ2v) is 6.43. The third-order valence-electron chi connectivity index (χ3n) is 2.37. The Bertz CT molecular complexity index is 371. The van der Waals surface area contributed by atoms with Gasteiger partial charge in [0, 0.05) is 6.42 Å². The van der Waals surface area contributed by atoms with Gasteiger partial charge in [0.1, 0.15) is 19.3 Å². The van der Waals surface area contributed by atoms with Gasteiger partial charge in [-0.3, -0.25) is 4.55 Å². The monoisotopic (exact) mass is 280 g/mol. The molecule has 1 atom stereocenters. The molecule has 0 fully saturated rings. The van der Waals surface area contributed by atoms with Gasteiger partial charge in [-0.2, -0.15) is 8.42 Å². The molecule has 6 nitrogen and oxygen atoms in total. The lowest BCUT2D eigenvalue weighted by atomic mass is 10.3. The summed E-state index contributed by atoms with van der Waals surface area (Å²) >= 11 is 0. The van der Waals surface area contributed by atoms with E-state index in [0.717, 1.165) is 0 Å². The Labute approximate surface area is 109 Å². The number of rotatable bonds is 9. The summed E-state index contributed by atoms with van der Waals surface area (Å²) in [5.74, 6) is 2.04. The van der Waals surface area contributed by atoms with Crippen molar-refractivity contribution in [2.45, 2.75) is 12.5 Å². The van der Waals surface area contributed by atoms with E-state index in [2.05, 4.69) is 5.92 Å². The van der Waals surface area contributed by atoms with Crippen molar-refractivity contribution in [3.8, 4) is 12.3 Å². The molecule has 0 aromatic heterocycles. The molecule has 0 amide bonds. The van der Waals surface area contributed by atoms with Crippen molar-refractivity contribution >= 4 is 10.1 Å². The van der Waals surface area contributed by atoms with Gasteiger partial charge in [-0.05, 0) is 0 Å². The lowest BCUT2D eigenvalue weighted by Gasteiger charge is -2.31. The lowest BCUT2D eigenvalue weighted by Crippen LogP contribution is -2.47. The molecule has 0 aliphatic rings. The van der Waals surface area contributed by atoms with Crippen molar-refractivity contribution in [3.05, 3.63) is 0 Å². The Balaban J connectivity index is 3.95. The quantitative estimate of drug-likeness (QED) is 0.254. The van der Waals surface area contributed by atoms with E-state index in [4.69, 9.17) is 15.7 Å². The number of aliphatic hydroxyl groups is 1. The van der Waals surface area contributed by atoms with E-state index in [9.17, 15) is 13.5 Å². The number of quaternary nitrogens is 1. The van der Waals surface area contributed by atoms with Crippen LogP contribution in [0.1, 0.15) is 6.42 Å². The second kappa shape index (κ2) is 7.71. The zero-order chi connectivity index (χ0) is 14.2. The SMILES string of the molecule is C#CCOC[C@H](O)C[N+](C)(C)CCCS(=O)(=O)O. The summed E-state index contributed by atoms with van der Waals surface area (Å²) in [6.45, 7) is 1.28. The number of likely N-dealkylation sites (N-methyl/N-ethyl adjacent to an activating group) is 1. The van der Waals surface area contributed by atoms with E-state index in [-0.39, 0.29) is 19.0 Å².